The number of ether oxygens (including phenoxy) is 2. The summed E-state index contributed by atoms with van der Waals surface area (Å²) in [6.45, 7) is 4.13. The lowest BCUT2D eigenvalue weighted by molar-refractivity contribution is -0.161. The van der Waals surface area contributed by atoms with Gasteiger partial charge in [0, 0.05) is 12.8 Å². The molecule has 0 heterocycles. The molecule has 0 fully saturated rings. The molecule has 260 valence electrons. The van der Waals surface area contributed by atoms with Gasteiger partial charge in [-0.25, -0.2) is 0 Å². The minimum atomic E-state index is -0.765. The van der Waals surface area contributed by atoms with Crippen molar-refractivity contribution in [2.24, 2.45) is 0 Å². The van der Waals surface area contributed by atoms with Crippen molar-refractivity contribution in [2.45, 2.75) is 213 Å². The smallest absolute Gasteiger partial charge is 0.306 e. The Bertz CT molecular complexity index is 632. The molecule has 0 aliphatic carbocycles. The molecule has 0 saturated carbocycles. The number of allylic oxidation sites excluding steroid dienone is 2. The quantitative estimate of drug-likeness (QED) is 0.0432. The van der Waals surface area contributed by atoms with E-state index in [0.29, 0.717) is 12.8 Å². The molecule has 0 amide bonds. The first-order chi connectivity index (χ1) is 21.6. The molecule has 1 atom stereocenters. The summed E-state index contributed by atoms with van der Waals surface area (Å²) in [6.07, 6.45) is 39.8. The van der Waals surface area contributed by atoms with Crippen molar-refractivity contribution in [3.05, 3.63) is 12.2 Å². The molecule has 5 nitrogen and oxygen atoms in total. The predicted molar refractivity (Wildman–Crippen MR) is 187 cm³/mol. The summed E-state index contributed by atoms with van der Waals surface area (Å²) in [6, 6.07) is 0. The third-order valence-corrected chi connectivity index (χ3v) is 8.56. The maximum atomic E-state index is 12.1. The third kappa shape index (κ3) is 33.5. The van der Waals surface area contributed by atoms with Gasteiger partial charge < -0.3 is 14.6 Å². The fourth-order valence-electron chi connectivity index (χ4n) is 5.61. The Morgan fingerprint density at radius 2 is 0.841 bits per heavy atom. The van der Waals surface area contributed by atoms with Crippen molar-refractivity contribution in [3.63, 3.8) is 0 Å². The van der Waals surface area contributed by atoms with Crippen LogP contribution >= 0.6 is 0 Å². The van der Waals surface area contributed by atoms with Crippen LogP contribution in [0.15, 0.2) is 12.2 Å². The standard InChI is InChI=1S/C39H74O5/c1-3-5-7-9-11-13-15-17-19-21-23-25-27-29-31-33-38(41)43-36-37(35-40)44-39(42)34-32-30-28-26-24-22-20-18-16-14-12-10-8-6-4-2/h13,15,37,40H,3-12,14,16-36H2,1-2H3. The minimum Gasteiger partial charge on any atom is -0.462 e. The van der Waals surface area contributed by atoms with Gasteiger partial charge in [0.25, 0.3) is 0 Å². The van der Waals surface area contributed by atoms with Crippen LogP contribution in [-0.2, 0) is 19.1 Å². The number of hydrogen-bond donors (Lipinski definition) is 1. The SMILES string of the molecule is CCCCCCC=CCCCCCCCCCC(=O)OCC(CO)OC(=O)CCCCCCCCCCCCCCCCC. The van der Waals surface area contributed by atoms with E-state index < -0.39 is 6.10 Å². The van der Waals surface area contributed by atoms with Crippen LogP contribution in [0, 0.1) is 0 Å². The van der Waals surface area contributed by atoms with Crippen LogP contribution in [0.5, 0.6) is 0 Å². The van der Waals surface area contributed by atoms with Gasteiger partial charge in [-0.15, -0.1) is 0 Å². The fourth-order valence-corrected chi connectivity index (χ4v) is 5.61. The summed E-state index contributed by atoms with van der Waals surface area (Å²) in [7, 11) is 0. The Hall–Kier alpha value is -1.36. The number of carbonyl (C=O) groups is 2. The van der Waals surface area contributed by atoms with E-state index in [9.17, 15) is 14.7 Å². The first-order valence-corrected chi connectivity index (χ1v) is 19.2. The van der Waals surface area contributed by atoms with E-state index in [0.717, 1.165) is 38.5 Å². The molecule has 0 bridgehead atoms. The molecule has 0 aromatic carbocycles. The highest BCUT2D eigenvalue weighted by atomic mass is 16.6. The van der Waals surface area contributed by atoms with E-state index in [1.54, 1.807) is 0 Å². The summed E-state index contributed by atoms with van der Waals surface area (Å²) >= 11 is 0. The fraction of sp³-hybridized carbons (Fsp3) is 0.897. The largest absolute Gasteiger partial charge is 0.462 e. The molecule has 0 saturated heterocycles. The highest BCUT2D eigenvalue weighted by Gasteiger charge is 2.16. The van der Waals surface area contributed by atoms with E-state index in [4.69, 9.17) is 9.47 Å². The Morgan fingerprint density at radius 1 is 0.500 bits per heavy atom. The Morgan fingerprint density at radius 3 is 1.25 bits per heavy atom. The molecule has 1 N–H and O–H groups in total. The third-order valence-electron chi connectivity index (χ3n) is 8.56. The number of rotatable bonds is 35. The lowest BCUT2D eigenvalue weighted by Crippen LogP contribution is -2.28. The van der Waals surface area contributed by atoms with Crippen LogP contribution in [0.3, 0.4) is 0 Å². The van der Waals surface area contributed by atoms with Gasteiger partial charge in [-0.1, -0.05) is 167 Å². The van der Waals surface area contributed by atoms with Crippen molar-refractivity contribution in [2.75, 3.05) is 13.2 Å². The van der Waals surface area contributed by atoms with Crippen molar-refractivity contribution >= 4 is 11.9 Å². The van der Waals surface area contributed by atoms with E-state index in [1.165, 1.54) is 141 Å². The number of aliphatic hydroxyl groups excluding tert-OH is 1. The van der Waals surface area contributed by atoms with Crippen molar-refractivity contribution in [3.8, 4) is 0 Å². The highest BCUT2D eigenvalue weighted by molar-refractivity contribution is 5.70. The van der Waals surface area contributed by atoms with Gasteiger partial charge in [-0.05, 0) is 38.5 Å². The number of unbranched alkanes of at least 4 members (excludes halogenated alkanes) is 25. The average molecular weight is 623 g/mol. The normalized spacial score (nSPS) is 12.2. The van der Waals surface area contributed by atoms with Gasteiger partial charge in [0.1, 0.15) is 6.61 Å². The molecule has 0 rings (SSSR count). The van der Waals surface area contributed by atoms with Crippen LogP contribution in [-0.4, -0.2) is 36.4 Å². The van der Waals surface area contributed by atoms with Crippen LogP contribution < -0.4 is 0 Å². The zero-order valence-electron chi connectivity index (χ0n) is 29.4. The van der Waals surface area contributed by atoms with Crippen LogP contribution in [0.2, 0.25) is 0 Å². The first-order valence-electron chi connectivity index (χ1n) is 19.2. The summed E-state index contributed by atoms with van der Waals surface area (Å²) in [5.74, 6) is -0.586. The van der Waals surface area contributed by atoms with Crippen LogP contribution in [0.4, 0.5) is 0 Å². The summed E-state index contributed by atoms with van der Waals surface area (Å²) in [4.78, 5) is 24.2. The molecule has 5 heteroatoms. The van der Waals surface area contributed by atoms with Crippen molar-refractivity contribution < 1.29 is 24.2 Å². The van der Waals surface area contributed by atoms with Gasteiger partial charge in [-0.2, -0.15) is 0 Å². The van der Waals surface area contributed by atoms with Crippen LogP contribution in [0.1, 0.15) is 206 Å². The van der Waals surface area contributed by atoms with Gasteiger partial charge in [0.15, 0.2) is 6.10 Å². The first kappa shape index (κ1) is 42.6. The highest BCUT2D eigenvalue weighted by Crippen LogP contribution is 2.15. The van der Waals surface area contributed by atoms with Gasteiger partial charge in [0.05, 0.1) is 6.61 Å². The molecule has 0 spiro atoms. The Labute approximate surface area is 273 Å². The molecule has 44 heavy (non-hydrogen) atoms. The summed E-state index contributed by atoms with van der Waals surface area (Å²) in [5.41, 5.74) is 0. The van der Waals surface area contributed by atoms with E-state index >= 15 is 0 Å². The topological polar surface area (TPSA) is 72.8 Å². The second-order valence-corrected chi connectivity index (χ2v) is 13.0. The average Bonchev–Trinajstić information content (AvgIpc) is 3.02. The predicted octanol–water partition coefficient (Wildman–Crippen LogP) is 11.7. The maximum Gasteiger partial charge on any atom is 0.306 e. The molecular formula is C39H74O5. The number of aliphatic hydroxyl groups is 1. The number of carbonyl (C=O) groups excluding carboxylic acids is 2. The van der Waals surface area contributed by atoms with E-state index in [1.807, 2.05) is 0 Å². The second-order valence-electron chi connectivity index (χ2n) is 13.0. The Kier molecular flexibility index (Phi) is 35.0. The van der Waals surface area contributed by atoms with Crippen molar-refractivity contribution in [1.29, 1.82) is 0 Å². The lowest BCUT2D eigenvalue weighted by atomic mass is 10.0. The monoisotopic (exact) mass is 623 g/mol. The molecular weight excluding hydrogens is 548 g/mol. The maximum absolute atomic E-state index is 12.1. The van der Waals surface area contributed by atoms with E-state index in [2.05, 4.69) is 26.0 Å². The molecule has 0 aliphatic heterocycles. The zero-order valence-corrected chi connectivity index (χ0v) is 29.4. The van der Waals surface area contributed by atoms with E-state index in [-0.39, 0.29) is 25.2 Å². The molecule has 0 aliphatic rings. The molecule has 0 aromatic rings. The molecule has 1 unspecified atom stereocenters. The second kappa shape index (κ2) is 36.1. The Balaban J connectivity index is 3.53. The lowest BCUT2D eigenvalue weighted by Gasteiger charge is -2.15. The minimum absolute atomic E-state index is 0.0624. The van der Waals surface area contributed by atoms with Gasteiger partial charge in [0.2, 0.25) is 0 Å². The van der Waals surface area contributed by atoms with Gasteiger partial charge >= 0.3 is 11.9 Å². The summed E-state index contributed by atoms with van der Waals surface area (Å²) < 4.78 is 10.6. The molecule has 0 radical (unpaired) electrons. The number of hydrogen-bond acceptors (Lipinski definition) is 5. The van der Waals surface area contributed by atoms with Crippen molar-refractivity contribution in [1.82, 2.24) is 0 Å². The zero-order chi connectivity index (χ0) is 32.2. The number of esters is 2. The van der Waals surface area contributed by atoms with Crippen LogP contribution in [0.25, 0.3) is 0 Å². The van der Waals surface area contributed by atoms with Gasteiger partial charge in [-0.3, -0.25) is 9.59 Å². The molecule has 0 aromatic heterocycles. The summed E-state index contributed by atoms with van der Waals surface area (Å²) in [5, 5.41) is 9.54.